The first kappa shape index (κ1) is 17.5. The second kappa shape index (κ2) is 6.71. The molecule has 126 valence electrons. The van der Waals surface area contributed by atoms with Gasteiger partial charge < -0.3 is 10.5 Å². The Morgan fingerprint density at radius 1 is 1.26 bits per heavy atom. The molecule has 2 N–H and O–H groups in total. The van der Waals surface area contributed by atoms with E-state index in [0.717, 1.165) is 12.0 Å². The van der Waals surface area contributed by atoms with Crippen LogP contribution in [0.1, 0.15) is 39.2 Å². The van der Waals surface area contributed by atoms with Crippen molar-refractivity contribution >= 4 is 12.0 Å². The van der Waals surface area contributed by atoms with Gasteiger partial charge in [0.1, 0.15) is 5.60 Å². The van der Waals surface area contributed by atoms with Crippen LogP contribution >= 0.6 is 0 Å². The molecule has 0 aliphatic carbocycles. The predicted octanol–water partition coefficient (Wildman–Crippen LogP) is 2.63. The number of rotatable bonds is 4. The maximum Gasteiger partial charge on any atom is 0.517 e. The van der Waals surface area contributed by atoms with Crippen LogP contribution in [-0.4, -0.2) is 41.2 Å². The number of carbonyl (C=O) groups excluding carboxylic acids is 2. The van der Waals surface area contributed by atoms with E-state index >= 15 is 0 Å². The first-order valence-corrected chi connectivity index (χ1v) is 8.18. The average Bonchev–Trinajstić information content (AvgIpc) is 2.90. The average molecular weight is 319 g/mol. The van der Waals surface area contributed by atoms with Crippen molar-refractivity contribution in [2.45, 2.75) is 51.7 Å². The molecule has 0 bridgehead atoms. The summed E-state index contributed by atoms with van der Waals surface area (Å²) >= 11 is 0. The number of likely N-dealkylation sites (tertiary alicyclic amines) is 1. The highest BCUT2D eigenvalue weighted by Crippen LogP contribution is 2.30. The Morgan fingerprint density at radius 2 is 1.91 bits per heavy atom. The summed E-state index contributed by atoms with van der Waals surface area (Å²) in [6.45, 7) is 6.66. The highest BCUT2D eigenvalue weighted by Gasteiger charge is 2.53. The normalized spacial score (nSPS) is 24.4. The first-order chi connectivity index (χ1) is 10.7. The molecule has 1 aromatic rings. The van der Waals surface area contributed by atoms with Gasteiger partial charge in [0, 0.05) is 19.3 Å². The van der Waals surface area contributed by atoms with E-state index in [1.54, 1.807) is 0 Å². The Kier molecular flexibility index (Phi) is 5.09. The fourth-order valence-corrected chi connectivity index (χ4v) is 3.26. The van der Waals surface area contributed by atoms with Crippen LogP contribution < -0.4 is 5.73 Å². The third kappa shape index (κ3) is 4.10. The van der Waals surface area contributed by atoms with E-state index in [9.17, 15) is 9.59 Å². The quantitative estimate of drug-likeness (QED) is 0.867. The van der Waals surface area contributed by atoms with Crippen molar-refractivity contribution in [1.82, 2.24) is 0 Å². The van der Waals surface area contributed by atoms with Gasteiger partial charge in [-0.05, 0) is 26.3 Å². The van der Waals surface area contributed by atoms with Crippen molar-refractivity contribution in [3.63, 3.8) is 0 Å². The SMILES string of the molecule is CC(C)(C)OC(=O)[N+]1(CCc2ccccc2)CCC[C@H]1C(N)=O. The van der Waals surface area contributed by atoms with E-state index in [1.165, 1.54) is 0 Å². The van der Waals surface area contributed by atoms with Crippen molar-refractivity contribution in [2.24, 2.45) is 5.73 Å². The van der Waals surface area contributed by atoms with E-state index < -0.39 is 17.6 Å². The molecule has 1 unspecified atom stereocenters. The summed E-state index contributed by atoms with van der Waals surface area (Å²) in [7, 11) is 0. The molecule has 1 aliphatic heterocycles. The van der Waals surface area contributed by atoms with E-state index in [4.69, 9.17) is 10.5 Å². The lowest BCUT2D eigenvalue weighted by Gasteiger charge is -2.36. The topological polar surface area (TPSA) is 69.4 Å². The Labute approximate surface area is 138 Å². The van der Waals surface area contributed by atoms with Crippen LogP contribution in [0.3, 0.4) is 0 Å². The maximum absolute atomic E-state index is 12.9. The second-order valence-corrected chi connectivity index (χ2v) is 7.26. The Bertz CT molecular complexity index is 565. The van der Waals surface area contributed by atoms with Crippen LogP contribution in [0.2, 0.25) is 0 Å². The number of primary amides is 1. The van der Waals surface area contributed by atoms with Crippen LogP contribution in [0.5, 0.6) is 0 Å². The lowest BCUT2D eigenvalue weighted by atomic mass is 10.1. The van der Waals surface area contributed by atoms with Gasteiger partial charge in [0.05, 0.1) is 13.1 Å². The third-order valence-electron chi connectivity index (χ3n) is 4.36. The molecule has 1 aliphatic rings. The lowest BCUT2D eigenvalue weighted by molar-refractivity contribution is -0.861. The predicted molar refractivity (Wildman–Crippen MR) is 88.6 cm³/mol. The Morgan fingerprint density at radius 3 is 2.48 bits per heavy atom. The zero-order valence-corrected chi connectivity index (χ0v) is 14.2. The molecule has 1 fully saturated rings. The Balaban J connectivity index is 2.24. The summed E-state index contributed by atoms with van der Waals surface area (Å²) < 4.78 is 5.63. The molecule has 1 heterocycles. The van der Waals surface area contributed by atoms with Crippen LogP contribution in [0.4, 0.5) is 4.79 Å². The van der Waals surface area contributed by atoms with Crippen molar-refractivity contribution in [2.75, 3.05) is 13.1 Å². The molecule has 0 spiro atoms. The smallest absolute Gasteiger partial charge is 0.414 e. The monoisotopic (exact) mass is 319 g/mol. The van der Waals surface area contributed by atoms with Gasteiger partial charge in [-0.3, -0.25) is 4.79 Å². The molecule has 5 nitrogen and oxygen atoms in total. The molecule has 0 saturated carbocycles. The van der Waals surface area contributed by atoms with Crippen molar-refractivity contribution < 1.29 is 18.8 Å². The van der Waals surface area contributed by atoms with Crippen LogP contribution in [0.15, 0.2) is 30.3 Å². The number of ether oxygens (including phenoxy) is 1. The summed E-state index contributed by atoms with van der Waals surface area (Å²) in [4.78, 5) is 24.8. The minimum atomic E-state index is -0.583. The zero-order valence-electron chi connectivity index (χ0n) is 14.2. The summed E-state index contributed by atoms with van der Waals surface area (Å²) in [5.74, 6) is -0.415. The molecule has 2 amide bonds. The maximum atomic E-state index is 12.9. The molecule has 2 atom stereocenters. The summed E-state index contributed by atoms with van der Waals surface area (Å²) in [5, 5.41) is 0. The molecule has 1 saturated heterocycles. The summed E-state index contributed by atoms with van der Waals surface area (Å²) in [5.41, 5.74) is 6.14. The molecule has 2 rings (SSSR count). The van der Waals surface area contributed by atoms with Gasteiger partial charge in [-0.1, -0.05) is 30.3 Å². The fraction of sp³-hybridized carbons (Fsp3) is 0.556. The molecule has 1 aromatic carbocycles. The number of amides is 2. The van der Waals surface area contributed by atoms with Gasteiger partial charge in [-0.15, -0.1) is 0 Å². The standard InChI is InChI=1S/C18H26N2O3/c1-18(2,3)23-17(22)20(12-7-10-15(20)16(19)21)13-11-14-8-5-4-6-9-14/h4-6,8-9,15H,7,10-13H2,1-3H3,(H-,19,21)/p+1/t15-,20?/m0/s1. The van der Waals surface area contributed by atoms with Gasteiger partial charge in [-0.2, -0.15) is 4.79 Å². The highest BCUT2D eigenvalue weighted by molar-refractivity contribution is 5.81. The fourth-order valence-electron chi connectivity index (χ4n) is 3.26. The van der Waals surface area contributed by atoms with E-state index in [1.807, 2.05) is 51.1 Å². The summed E-state index contributed by atoms with van der Waals surface area (Å²) in [6.07, 6.45) is 1.82. The van der Waals surface area contributed by atoms with Crippen LogP contribution in [0, 0.1) is 0 Å². The number of carbonyl (C=O) groups is 2. The van der Waals surface area contributed by atoms with Crippen LogP contribution in [0.25, 0.3) is 0 Å². The number of nitrogens with zero attached hydrogens (tertiary/aromatic N) is 1. The largest absolute Gasteiger partial charge is 0.517 e. The molecule has 23 heavy (non-hydrogen) atoms. The van der Waals surface area contributed by atoms with Gasteiger partial charge in [0.2, 0.25) is 0 Å². The third-order valence-corrected chi connectivity index (χ3v) is 4.36. The minimum Gasteiger partial charge on any atom is -0.414 e. The highest BCUT2D eigenvalue weighted by atomic mass is 16.6. The summed E-state index contributed by atoms with van der Waals surface area (Å²) in [6, 6.07) is 9.48. The van der Waals surface area contributed by atoms with Gasteiger partial charge in [0.25, 0.3) is 5.91 Å². The first-order valence-electron chi connectivity index (χ1n) is 8.18. The zero-order chi connectivity index (χ0) is 17.1. The number of hydrogen-bond acceptors (Lipinski definition) is 3. The second-order valence-electron chi connectivity index (χ2n) is 7.26. The van der Waals surface area contributed by atoms with Gasteiger partial charge in [-0.25, -0.2) is 4.48 Å². The van der Waals surface area contributed by atoms with Gasteiger partial charge in [0.15, 0.2) is 6.04 Å². The number of quaternary nitrogens is 1. The molecular weight excluding hydrogens is 292 g/mol. The van der Waals surface area contributed by atoms with Crippen LogP contribution in [-0.2, 0) is 16.0 Å². The van der Waals surface area contributed by atoms with Crippen molar-refractivity contribution in [3.8, 4) is 0 Å². The lowest BCUT2D eigenvalue weighted by Crippen LogP contribution is -2.62. The number of benzene rings is 1. The molecule has 0 radical (unpaired) electrons. The van der Waals surface area contributed by atoms with E-state index in [-0.39, 0.29) is 10.6 Å². The van der Waals surface area contributed by atoms with E-state index in [0.29, 0.717) is 25.9 Å². The molecule has 0 aromatic heterocycles. The number of hydrogen-bond donors (Lipinski definition) is 1. The van der Waals surface area contributed by atoms with Crippen molar-refractivity contribution in [3.05, 3.63) is 35.9 Å². The number of nitrogens with two attached hydrogens (primary N) is 1. The molecular formula is C18H27N2O3+. The molecule has 5 heteroatoms. The van der Waals surface area contributed by atoms with Crippen molar-refractivity contribution in [1.29, 1.82) is 0 Å². The Hall–Kier alpha value is -1.88. The van der Waals surface area contributed by atoms with E-state index in [2.05, 4.69) is 0 Å². The van der Waals surface area contributed by atoms with Gasteiger partial charge >= 0.3 is 6.09 Å². The minimum absolute atomic E-state index is 0.0154.